The van der Waals surface area contributed by atoms with E-state index in [1.807, 2.05) is 4.90 Å². The van der Waals surface area contributed by atoms with Crippen molar-refractivity contribution in [3.8, 4) is 0 Å². The van der Waals surface area contributed by atoms with Gasteiger partial charge in [-0.2, -0.15) is 0 Å². The third-order valence-electron chi connectivity index (χ3n) is 5.05. The van der Waals surface area contributed by atoms with E-state index in [0.29, 0.717) is 18.8 Å². The van der Waals surface area contributed by atoms with Gasteiger partial charge >= 0.3 is 11.9 Å². The molecule has 1 aliphatic heterocycles. The molecule has 0 radical (unpaired) electrons. The molecule has 28 heavy (non-hydrogen) atoms. The number of benzene rings is 1. The van der Waals surface area contributed by atoms with Gasteiger partial charge in [-0.3, -0.25) is 9.59 Å². The smallest absolute Gasteiger partial charge is 0.352 e. The van der Waals surface area contributed by atoms with E-state index >= 15 is 0 Å². The highest BCUT2D eigenvalue weighted by Crippen LogP contribution is 2.31. The molecule has 9 nitrogen and oxygen atoms in total. The van der Waals surface area contributed by atoms with Gasteiger partial charge in [-0.15, -0.1) is 0 Å². The van der Waals surface area contributed by atoms with Crippen LogP contribution in [0.1, 0.15) is 40.2 Å². The van der Waals surface area contributed by atoms with Gasteiger partial charge in [-0.25, -0.2) is 9.59 Å². The first kappa shape index (κ1) is 17.8. The summed E-state index contributed by atoms with van der Waals surface area (Å²) in [4.78, 5) is 55.5. The number of aromatic nitrogens is 2. The number of pyridine rings is 2. The predicted octanol–water partition coefficient (Wildman–Crippen LogP) is 1.76. The van der Waals surface area contributed by atoms with Gasteiger partial charge in [0.15, 0.2) is 10.9 Å². The number of nitrogens with one attached hydrogen (secondary N) is 2. The van der Waals surface area contributed by atoms with E-state index in [4.69, 9.17) is 0 Å². The number of carboxylic acids is 2. The molecule has 144 valence electrons. The van der Waals surface area contributed by atoms with Crippen LogP contribution in [-0.4, -0.2) is 45.2 Å². The molecule has 0 saturated carbocycles. The highest BCUT2D eigenvalue weighted by molar-refractivity contribution is 6.11. The zero-order valence-corrected chi connectivity index (χ0v) is 14.7. The van der Waals surface area contributed by atoms with Crippen molar-refractivity contribution in [1.29, 1.82) is 0 Å². The number of fused-ring (bicyclic) bond motifs is 3. The van der Waals surface area contributed by atoms with E-state index in [-0.39, 0.29) is 33.2 Å². The van der Waals surface area contributed by atoms with E-state index < -0.39 is 22.8 Å². The molecule has 0 bridgehead atoms. The Kier molecular flexibility index (Phi) is 4.14. The number of piperidine rings is 1. The number of aromatic carboxylic acids is 2. The Morgan fingerprint density at radius 1 is 0.821 bits per heavy atom. The second-order valence-corrected chi connectivity index (χ2v) is 6.82. The van der Waals surface area contributed by atoms with Crippen molar-refractivity contribution in [3.05, 3.63) is 50.0 Å². The third kappa shape index (κ3) is 2.81. The number of nitrogens with zero attached hydrogens (tertiary/aromatic N) is 1. The van der Waals surface area contributed by atoms with Crippen molar-refractivity contribution >= 4 is 39.4 Å². The normalized spacial score (nSPS) is 14.5. The van der Waals surface area contributed by atoms with Gasteiger partial charge in [-0.1, -0.05) is 0 Å². The number of hydrogen-bond acceptors (Lipinski definition) is 5. The summed E-state index contributed by atoms with van der Waals surface area (Å²) in [7, 11) is 0. The molecule has 1 fully saturated rings. The molecule has 1 aliphatic rings. The summed E-state index contributed by atoms with van der Waals surface area (Å²) in [5.74, 6) is -2.61. The summed E-state index contributed by atoms with van der Waals surface area (Å²) in [6.07, 6.45) is 2.95. The minimum atomic E-state index is -1.33. The third-order valence-corrected chi connectivity index (χ3v) is 5.05. The van der Waals surface area contributed by atoms with Crippen LogP contribution < -0.4 is 15.8 Å². The van der Waals surface area contributed by atoms with Gasteiger partial charge in [0.25, 0.3) is 0 Å². The Morgan fingerprint density at radius 2 is 1.39 bits per heavy atom. The van der Waals surface area contributed by atoms with E-state index in [9.17, 15) is 29.4 Å². The molecule has 0 amide bonds. The van der Waals surface area contributed by atoms with Gasteiger partial charge < -0.3 is 25.1 Å². The SMILES string of the molecule is O=C(O)c1cc(=O)c2c([nH]1)c(N1CCCCC1)cc1c(=O)cc(C(=O)O)[nH]c12. The fourth-order valence-corrected chi connectivity index (χ4v) is 3.73. The maximum Gasteiger partial charge on any atom is 0.352 e. The molecule has 3 heterocycles. The van der Waals surface area contributed by atoms with Gasteiger partial charge in [0, 0.05) is 30.6 Å². The monoisotopic (exact) mass is 383 g/mol. The second-order valence-electron chi connectivity index (χ2n) is 6.82. The van der Waals surface area contributed by atoms with Crippen molar-refractivity contribution < 1.29 is 19.8 Å². The van der Waals surface area contributed by atoms with E-state index in [2.05, 4.69) is 9.97 Å². The molecular weight excluding hydrogens is 366 g/mol. The Balaban J connectivity index is 2.17. The van der Waals surface area contributed by atoms with Gasteiger partial charge in [0.1, 0.15) is 11.4 Å². The van der Waals surface area contributed by atoms with Gasteiger partial charge in [-0.05, 0) is 25.3 Å². The van der Waals surface area contributed by atoms with Crippen LogP contribution in [0.15, 0.2) is 27.8 Å². The van der Waals surface area contributed by atoms with E-state index in [1.54, 1.807) is 6.07 Å². The van der Waals surface area contributed by atoms with Crippen LogP contribution in [0.5, 0.6) is 0 Å². The highest BCUT2D eigenvalue weighted by atomic mass is 16.4. The zero-order valence-electron chi connectivity index (χ0n) is 14.7. The summed E-state index contributed by atoms with van der Waals surface area (Å²) in [5, 5.41) is 18.8. The van der Waals surface area contributed by atoms with Crippen LogP contribution in [0.4, 0.5) is 5.69 Å². The first-order chi connectivity index (χ1) is 13.4. The fourth-order valence-electron chi connectivity index (χ4n) is 3.73. The quantitative estimate of drug-likeness (QED) is 0.504. The second kappa shape index (κ2) is 6.52. The Morgan fingerprint density at radius 3 is 2.00 bits per heavy atom. The molecule has 9 heteroatoms. The molecule has 2 aromatic heterocycles. The van der Waals surface area contributed by atoms with E-state index in [0.717, 1.165) is 31.4 Å². The molecular formula is C19H17N3O6. The van der Waals surface area contributed by atoms with Crippen LogP contribution in [0.2, 0.25) is 0 Å². The number of aromatic amines is 2. The summed E-state index contributed by atoms with van der Waals surface area (Å²) in [6, 6.07) is 3.52. The summed E-state index contributed by atoms with van der Waals surface area (Å²) < 4.78 is 0. The fraction of sp³-hybridized carbons (Fsp3) is 0.263. The maximum atomic E-state index is 12.8. The zero-order chi connectivity index (χ0) is 20.0. The number of rotatable bonds is 3. The van der Waals surface area contributed by atoms with Crippen LogP contribution in [0.3, 0.4) is 0 Å². The summed E-state index contributed by atoms with van der Waals surface area (Å²) in [6.45, 7) is 1.43. The number of hydrogen-bond donors (Lipinski definition) is 4. The minimum absolute atomic E-state index is 0.0725. The maximum absolute atomic E-state index is 12.8. The largest absolute Gasteiger partial charge is 0.477 e. The lowest BCUT2D eigenvalue weighted by atomic mass is 10.0. The lowest BCUT2D eigenvalue weighted by Crippen LogP contribution is -2.30. The lowest BCUT2D eigenvalue weighted by Gasteiger charge is -2.30. The molecule has 4 N–H and O–H groups in total. The first-order valence-corrected chi connectivity index (χ1v) is 8.85. The number of anilines is 1. The Hall–Kier alpha value is -3.62. The molecule has 0 spiro atoms. The average Bonchev–Trinajstić information content (AvgIpc) is 2.67. The molecule has 0 atom stereocenters. The van der Waals surface area contributed by atoms with Crippen LogP contribution in [0.25, 0.3) is 21.8 Å². The van der Waals surface area contributed by atoms with Crippen molar-refractivity contribution in [2.24, 2.45) is 0 Å². The summed E-state index contributed by atoms with van der Waals surface area (Å²) >= 11 is 0. The number of carboxylic acid groups (broad SMARTS) is 2. The summed E-state index contributed by atoms with van der Waals surface area (Å²) in [5.41, 5.74) is -0.813. The van der Waals surface area contributed by atoms with Crippen molar-refractivity contribution in [3.63, 3.8) is 0 Å². The van der Waals surface area contributed by atoms with Crippen molar-refractivity contribution in [1.82, 2.24) is 9.97 Å². The predicted molar refractivity (Wildman–Crippen MR) is 103 cm³/mol. The first-order valence-electron chi connectivity index (χ1n) is 8.85. The topological polar surface area (TPSA) is 144 Å². The minimum Gasteiger partial charge on any atom is -0.477 e. The highest BCUT2D eigenvalue weighted by Gasteiger charge is 2.21. The number of carbonyl (C=O) groups is 2. The molecule has 1 saturated heterocycles. The molecule has 3 aromatic rings. The van der Waals surface area contributed by atoms with Crippen LogP contribution in [0, 0.1) is 0 Å². The van der Waals surface area contributed by atoms with Crippen LogP contribution in [-0.2, 0) is 0 Å². The Labute approximate surface area is 157 Å². The van der Waals surface area contributed by atoms with Crippen LogP contribution >= 0.6 is 0 Å². The standard InChI is InChI=1S/C19H17N3O6/c23-13-7-10(18(25)26)20-16-9(13)6-12(22-4-2-1-3-5-22)17-15(16)14(24)8-11(21-17)19(27)28/h6-8H,1-5H2,(H,20,23)(H,21,24)(H,25,26)(H,27,28). The van der Waals surface area contributed by atoms with Crippen molar-refractivity contribution in [2.75, 3.05) is 18.0 Å². The number of H-pyrrole nitrogens is 2. The molecule has 4 rings (SSSR count). The molecule has 0 unspecified atom stereocenters. The Bertz CT molecular complexity index is 1250. The average molecular weight is 383 g/mol. The molecule has 0 aliphatic carbocycles. The van der Waals surface area contributed by atoms with Gasteiger partial charge in [0.05, 0.1) is 22.1 Å². The molecule has 1 aromatic carbocycles. The van der Waals surface area contributed by atoms with Gasteiger partial charge in [0.2, 0.25) is 0 Å². The van der Waals surface area contributed by atoms with Crippen molar-refractivity contribution in [2.45, 2.75) is 19.3 Å². The lowest BCUT2D eigenvalue weighted by molar-refractivity contribution is 0.0680. The van der Waals surface area contributed by atoms with E-state index in [1.165, 1.54) is 0 Å².